The van der Waals surface area contributed by atoms with Gasteiger partial charge in [0, 0.05) is 16.7 Å². The number of allylic oxidation sites excluding steroid dienone is 10. The molecule has 0 N–H and O–H groups in total. The average molecular weight is 624 g/mol. The fourth-order valence-corrected chi connectivity index (χ4v) is 9.02. The zero-order chi connectivity index (χ0) is 31.8. The number of hydrogen-bond acceptors (Lipinski definition) is 4. The smallest absolute Gasteiger partial charge is 0.167 e. The van der Waals surface area contributed by atoms with Crippen molar-refractivity contribution in [2.24, 2.45) is 11.8 Å². The van der Waals surface area contributed by atoms with Crippen LogP contribution in [0, 0.1) is 11.8 Å². The molecule has 0 fully saturated rings. The highest BCUT2D eigenvalue weighted by atomic mass is 16.3. The van der Waals surface area contributed by atoms with E-state index in [4.69, 9.17) is 19.4 Å². The van der Waals surface area contributed by atoms with Gasteiger partial charge in [-0.3, -0.25) is 0 Å². The van der Waals surface area contributed by atoms with Gasteiger partial charge in [0.05, 0.1) is 5.56 Å². The van der Waals surface area contributed by atoms with Crippen LogP contribution in [0.1, 0.15) is 69.4 Å². The van der Waals surface area contributed by atoms with Gasteiger partial charge in [-0.25, -0.2) is 15.0 Å². The first-order valence-electron chi connectivity index (χ1n) is 17.6. The van der Waals surface area contributed by atoms with Gasteiger partial charge in [-0.05, 0) is 113 Å². The Morgan fingerprint density at radius 2 is 1.62 bits per heavy atom. The maximum Gasteiger partial charge on any atom is 0.167 e. The molecule has 5 aliphatic carbocycles. The van der Waals surface area contributed by atoms with Gasteiger partial charge in [-0.1, -0.05) is 98.0 Å². The van der Waals surface area contributed by atoms with E-state index in [0.717, 1.165) is 64.8 Å². The minimum atomic E-state index is 0.0738. The van der Waals surface area contributed by atoms with Crippen LogP contribution in [0.25, 0.3) is 51.1 Å². The van der Waals surface area contributed by atoms with Gasteiger partial charge in [-0.2, -0.15) is 0 Å². The molecule has 2 aromatic heterocycles. The number of hydrogen-bond donors (Lipinski definition) is 0. The highest BCUT2D eigenvalue weighted by Crippen LogP contribution is 2.51. The van der Waals surface area contributed by atoms with E-state index in [2.05, 4.69) is 98.0 Å². The topological polar surface area (TPSA) is 51.8 Å². The van der Waals surface area contributed by atoms with Crippen LogP contribution in [0.5, 0.6) is 0 Å². The van der Waals surface area contributed by atoms with Gasteiger partial charge in [0.15, 0.2) is 11.6 Å². The highest BCUT2D eigenvalue weighted by Gasteiger charge is 2.35. The Kier molecular flexibility index (Phi) is 6.40. The van der Waals surface area contributed by atoms with Crippen LogP contribution in [0.4, 0.5) is 0 Å². The van der Waals surface area contributed by atoms with Gasteiger partial charge < -0.3 is 4.42 Å². The molecule has 0 bridgehead atoms. The monoisotopic (exact) mass is 623 g/mol. The molecule has 0 saturated heterocycles. The summed E-state index contributed by atoms with van der Waals surface area (Å²) < 4.78 is 6.48. The normalized spacial score (nSPS) is 23.1. The second-order valence-electron chi connectivity index (χ2n) is 14.2. The largest absolute Gasteiger partial charge is 0.455 e. The molecule has 0 amide bonds. The number of nitrogens with zero attached hydrogens (tertiary/aromatic N) is 3. The van der Waals surface area contributed by atoms with Gasteiger partial charge >= 0.3 is 0 Å². The standard InChI is InChI=1S/C44H37N3O/c1-26-23-32-25-31(20-21-33(32)36-22-19-28-10-4-5-12-34(28)40(26)36)43-45-42(30-18-17-27-9-2-3-11-29(27)24-30)46-44(47-43)38-15-8-14-37-35-13-6-7-16-39(35)48-41(37)38/h2-9,11-17,24-26,28,30H,10,18-23H2,1H3/t26-,28?,30?/m1/s1. The summed E-state index contributed by atoms with van der Waals surface area (Å²) in [5.74, 6) is 3.62. The molecule has 3 aromatic carbocycles. The minimum absolute atomic E-state index is 0.0738. The van der Waals surface area contributed by atoms with Crippen molar-refractivity contribution in [1.29, 1.82) is 0 Å². The summed E-state index contributed by atoms with van der Waals surface area (Å²) in [5, 5.41) is 4.71. The SMILES string of the molecule is C[C@@H]1CC2=C(CCC(c3nc(-c4cccc5c4oc4ccccc45)nc(C4C=c5ccccc5=CC4)n3)=C2)C2=C1C1=CC=CCC1CC2. The number of fused-ring (bicyclic) bond motifs is 7. The molecule has 2 heterocycles. The Hall–Kier alpha value is -5.09. The van der Waals surface area contributed by atoms with Gasteiger partial charge in [0.25, 0.3) is 0 Å². The molecule has 10 rings (SSSR count). The highest BCUT2D eigenvalue weighted by molar-refractivity contribution is 6.09. The van der Waals surface area contributed by atoms with Crippen LogP contribution in [0.15, 0.2) is 123 Å². The van der Waals surface area contributed by atoms with Crippen molar-refractivity contribution in [1.82, 2.24) is 15.0 Å². The Labute approximate surface area is 280 Å². The molecule has 0 spiro atoms. The first-order chi connectivity index (χ1) is 23.7. The Bertz CT molecular complexity index is 2470. The van der Waals surface area contributed by atoms with E-state index >= 15 is 0 Å². The quantitative estimate of drug-likeness (QED) is 0.201. The number of aromatic nitrogens is 3. The Morgan fingerprint density at radius 1 is 0.771 bits per heavy atom. The molecule has 48 heavy (non-hydrogen) atoms. The van der Waals surface area contributed by atoms with Crippen molar-refractivity contribution in [2.45, 2.75) is 57.8 Å². The van der Waals surface area contributed by atoms with Crippen LogP contribution in [-0.4, -0.2) is 15.0 Å². The molecular formula is C44H37N3O. The lowest BCUT2D eigenvalue weighted by molar-refractivity contribution is 0.501. The number of para-hydroxylation sites is 2. The fraction of sp³-hybridized carbons (Fsp3) is 0.250. The second-order valence-corrected chi connectivity index (χ2v) is 14.2. The molecule has 4 nitrogen and oxygen atoms in total. The van der Waals surface area contributed by atoms with Crippen LogP contribution in [0.2, 0.25) is 0 Å². The van der Waals surface area contributed by atoms with E-state index in [9.17, 15) is 0 Å². The van der Waals surface area contributed by atoms with Crippen LogP contribution in [-0.2, 0) is 0 Å². The van der Waals surface area contributed by atoms with E-state index in [1.54, 1.807) is 22.3 Å². The summed E-state index contributed by atoms with van der Waals surface area (Å²) in [4.78, 5) is 15.7. The van der Waals surface area contributed by atoms with Gasteiger partial charge in [-0.15, -0.1) is 0 Å². The summed E-state index contributed by atoms with van der Waals surface area (Å²) in [6.45, 7) is 2.43. The van der Waals surface area contributed by atoms with Crippen molar-refractivity contribution in [2.75, 3.05) is 0 Å². The molecule has 234 valence electrons. The predicted octanol–water partition coefficient (Wildman–Crippen LogP) is 9.29. The summed E-state index contributed by atoms with van der Waals surface area (Å²) in [5.41, 5.74) is 11.8. The fourth-order valence-electron chi connectivity index (χ4n) is 9.02. The summed E-state index contributed by atoms with van der Waals surface area (Å²) in [6, 6.07) is 23.2. The molecule has 5 aliphatic rings. The minimum Gasteiger partial charge on any atom is -0.455 e. The second kappa shape index (κ2) is 11.0. The number of furan rings is 1. The third-order valence-corrected chi connectivity index (χ3v) is 11.3. The lowest BCUT2D eigenvalue weighted by Gasteiger charge is -2.40. The van der Waals surface area contributed by atoms with Gasteiger partial charge in [0.2, 0.25) is 0 Å². The molecule has 2 unspecified atom stereocenters. The maximum atomic E-state index is 6.48. The van der Waals surface area contributed by atoms with Crippen molar-refractivity contribution in [3.05, 3.63) is 141 Å². The summed E-state index contributed by atoms with van der Waals surface area (Å²) in [6.07, 6.45) is 21.7. The van der Waals surface area contributed by atoms with Crippen LogP contribution in [0.3, 0.4) is 0 Å². The molecule has 0 aliphatic heterocycles. The van der Waals surface area contributed by atoms with Crippen LogP contribution < -0.4 is 10.4 Å². The average Bonchev–Trinajstić information content (AvgIpc) is 3.53. The van der Waals surface area contributed by atoms with Crippen molar-refractivity contribution < 1.29 is 4.42 Å². The first kappa shape index (κ1) is 28.0. The van der Waals surface area contributed by atoms with Crippen molar-refractivity contribution >= 4 is 39.7 Å². The van der Waals surface area contributed by atoms with Gasteiger partial charge in [0.1, 0.15) is 17.0 Å². The van der Waals surface area contributed by atoms with E-state index in [1.807, 2.05) is 12.1 Å². The number of benzene rings is 3. The molecule has 0 radical (unpaired) electrons. The van der Waals surface area contributed by atoms with E-state index in [-0.39, 0.29) is 5.92 Å². The molecule has 3 atom stereocenters. The number of rotatable bonds is 3. The Balaban J connectivity index is 1.13. The lowest BCUT2D eigenvalue weighted by Crippen LogP contribution is -2.28. The molecule has 5 aromatic rings. The lowest BCUT2D eigenvalue weighted by atomic mass is 9.65. The van der Waals surface area contributed by atoms with E-state index < -0.39 is 0 Å². The zero-order valence-electron chi connectivity index (χ0n) is 27.2. The molecular weight excluding hydrogens is 587 g/mol. The summed E-state index contributed by atoms with van der Waals surface area (Å²) >= 11 is 0. The molecule has 0 saturated carbocycles. The molecule has 4 heteroatoms. The van der Waals surface area contributed by atoms with E-state index in [1.165, 1.54) is 40.8 Å². The van der Waals surface area contributed by atoms with Crippen molar-refractivity contribution in [3.63, 3.8) is 0 Å². The zero-order valence-corrected chi connectivity index (χ0v) is 27.2. The summed E-state index contributed by atoms with van der Waals surface area (Å²) in [7, 11) is 0. The maximum absolute atomic E-state index is 6.48. The van der Waals surface area contributed by atoms with Crippen LogP contribution >= 0.6 is 0 Å². The third kappa shape index (κ3) is 4.46. The van der Waals surface area contributed by atoms with Crippen molar-refractivity contribution in [3.8, 4) is 11.4 Å². The Morgan fingerprint density at radius 3 is 2.58 bits per heavy atom. The van der Waals surface area contributed by atoms with E-state index in [0.29, 0.717) is 17.7 Å². The third-order valence-electron chi connectivity index (χ3n) is 11.3. The predicted molar refractivity (Wildman–Crippen MR) is 194 cm³/mol. The first-order valence-corrected chi connectivity index (χ1v) is 17.6.